The van der Waals surface area contributed by atoms with Gasteiger partial charge in [0.05, 0.1) is 4.92 Å². The number of anilines is 1. The standard InChI is InChI=1S/C18H15N3O4/c1-20(2)13-9-7-12(8-10-13)11-15-18(22)25-17(19-15)14-5-3-4-6-16(14)21(23)24/h3-11H,1-2H3. The number of benzene rings is 2. The molecule has 0 amide bonds. The van der Waals surface area contributed by atoms with Crippen molar-refractivity contribution in [2.75, 3.05) is 19.0 Å². The van der Waals surface area contributed by atoms with E-state index in [-0.39, 0.29) is 22.8 Å². The average Bonchev–Trinajstić information content (AvgIpc) is 2.96. The molecule has 1 aliphatic rings. The smallest absolute Gasteiger partial charge is 0.363 e. The van der Waals surface area contributed by atoms with Crippen LogP contribution in [0.3, 0.4) is 0 Å². The van der Waals surface area contributed by atoms with Crippen molar-refractivity contribution in [3.05, 3.63) is 75.5 Å². The molecule has 25 heavy (non-hydrogen) atoms. The van der Waals surface area contributed by atoms with E-state index in [2.05, 4.69) is 4.99 Å². The topological polar surface area (TPSA) is 85.0 Å². The Morgan fingerprint density at radius 3 is 2.44 bits per heavy atom. The fraction of sp³-hybridized carbons (Fsp3) is 0.111. The van der Waals surface area contributed by atoms with Crippen LogP contribution in [-0.2, 0) is 9.53 Å². The first kappa shape index (κ1) is 16.4. The van der Waals surface area contributed by atoms with Gasteiger partial charge in [-0.2, -0.15) is 0 Å². The molecule has 1 aliphatic heterocycles. The summed E-state index contributed by atoms with van der Waals surface area (Å²) < 4.78 is 5.12. The number of nitro benzene ring substituents is 1. The van der Waals surface area contributed by atoms with E-state index in [1.54, 1.807) is 18.2 Å². The maximum atomic E-state index is 12.0. The van der Waals surface area contributed by atoms with Crippen LogP contribution >= 0.6 is 0 Å². The fourth-order valence-electron chi connectivity index (χ4n) is 2.36. The maximum Gasteiger partial charge on any atom is 0.363 e. The van der Waals surface area contributed by atoms with Crippen molar-refractivity contribution in [3.8, 4) is 0 Å². The van der Waals surface area contributed by atoms with E-state index in [0.29, 0.717) is 0 Å². The molecule has 0 saturated carbocycles. The van der Waals surface area contributed by atoms with Gasteiger partial charge < -0.3 is 9.64 Å². The van der Waals surface area contributed by atoms with E-state index in [9.17, 15) is 14.9 Å². The van der Waals surface area contributed by atoms with Gasteiger partial charge >= 0.3 is 5.97 Å². The minimum absolute atomic E-state index is 0.0616. The molecular formula is C18H15N3O4. The molecule has 7 heteroatoms. The monoisotopic (exact) mass is 337 g/mol. The number of hydrogen-bond donors (Lipinski definition) is 0. The van der Waals surface area contributed by atoms with E-state index in [4.69, 9.17) is 4.74 Å². The Labute approximate surface area is 144 Å². The normalized spacial score (nSPS) is 15.0. The predicted molar refractivity (Wildman–Crippen MR) is 94.5 cm³/mol. The summed E-state index contributed by atoms with van der Waals surface area (Å²) >= 11 is 0. The molecule has 7 nitrogen and oxygen atoms in total. The summed E-state index contributed by atoms with van der Waals surface area (Å²) in [5.74, 6) is -0.696. The summed E-state index contributed by atoms with van der Waals surface area (Å²) in [6, 6.07) is 13.6. The van der Waals surface area contributed by atoms with Crippen LogP contribution in [0.25, 0.3) is 6.08 Å². The Bertz CT molecular complexity index is 899. The molecule has 0 aromatic heterocycles. The largest absolute Gasteiger partial charge is 0.402 e. The lowest BCUT2D eigenvalue weighted by Gasteiger charge is -2.11. The number of carbonyl (C=O) groups is 1. The second-order valence-electron chi connectivity index (χ2n) is 5.60. The third-order valence-electron chi connectivity index (χ3n) is 3.66. The summed E-state index contributed by atoms with van der Waals surface area (Å²) in [6.45, 7) is 0. The molecule has 0 N–H and O–H groups in total. The van der Waals surface area contributed by atoms with E-state index in [0.717, 1.165) is 11.3 Å². The number of rotatable bonds is 4. The third kappa shape index (κ3) is 3.40. The fourth-order valence-corrected chi connectivity index (χ4v) is 2.36. The summed E-state index contributed by atoms with van der Waals surface area (Å²) in [4.78, 5) is 28.7. The number of hydrogen-bond acceptors (Lipinski definition) is 6. The van der Waals surface area contributed by atoms with Crippen LogP contribution in [-0.4, -0.2) is 30.9 Å². The molecule has 0 aliphatic carbocycles. The van der Waals surface area contributed by atoms with Crippen LogP contribution in [0, 0.1) is 10.1 Å². The Balaban J connectivity index is 1.94. The molecule has 1 heterocycles. The number of nitro groups is 1. The first-order valence-electron chi connectivity index (χ1n) is 7.49. The highest BCUT2D eigenvalue weighted by molar-refractivity contribution is 6.14. The molecule has 0 fully saturated rings. The van der Waals surface area contributed by atoms with Gasteiger partial charge in [0.2, 0.25) is 5.90 Å². The Kier molecular flexibility index (Phi) is 4.30. The minimum Gasteiger partial charge on any atom is -0.402 e. The summed E-state index contributed by atoms with van der Waals surface area (Å²) in [5, 5.41) is 11.1. The lowest BCUT2D eigenvalue weighted by Crippen LogP contribution is -2.08. The quantitative estimate of drug-likeness (QED) is 0.370. The third-order valence-corrected chi connectivity index (χ3v) is 3.66. The van der Waals surface area contributed by atoms with Crippen molar-refractivity contribution >= 4 is 29.3 Å². The zero-order valence-corrected chi connectivity index (χ0v) is 13.7. The van der Waals surface area contributed by atoms with E-state index < -0.39 is 10.9 Å². The van der Waals surface area contributed by atoms with Crippen molar-refractivity contribution in [1.82, 2.24) is 0 Å². The second kappa shape index (κ2) is 6.56. The number of aliphatic imine (C=N–C) groups is 1. The first-order chi connectivity index (χ1) is 12.0. The van der Waals surface area contributed by atoms with Crippen LogP contribution in [0.2, 0.25) is 0 Å². The van der Waals surface area contributed by atoms with Gasteiger partial charge in [0.25, 0.3) is 5.69 Å². The zero-order chi connectivity index (χ0) is 18.0. The molecule has 0 unspecified atom stereocenters. The van der Waals surface area contributed by atoms with Gasteiger partial charge in [-0.1, -0.05) is 24.3 Å². The molecule has 0 saturated heterocycles. The Hall–Kier alpha value is -3.48. The van der Waals surface area contributed by atoms with Gasteiger partial charge in [-0.3, -0.25) is 10.1 Å². The molecule has 126 valence electrons. The minimum atomic E-state index is -0.634. The van der Waals surface area contributed by atoms with Crippen molar-refractivity contribution < 1.29 is 14.5 Å². The highest BCUT2D eigenvalue weighted by Crippen LogP contribution is 2.25. The molecule has 0 bridgehead atoms. The van der Waals surface area contributed by atoms with Gasteiger partial charge in [0.15, 0.2) is 5.70 Å². The Morgan fingerprint density at radius 2 is 1.80 bits per heavy atom. The molecule has 0 spiro atoms. The molecule has 0 atom stereocenters. The number of nitrogens with zero attached hydrogens (tertiary/aromatic N) is 3. The van der Waals surface area contributed by atoms with E-state index in [1.807, 2.05) is 43.3 Å². The van der Waals surface area contributed by atoms with Crippen LogP contribution < -0.4 is 4.90 Å². The molecule has 3 rings (SSSR count). The first-order valence-corrected chi connectivity index (χ1v) is 7.49. The zero-order valence-electron chi connectivity index (χ0n) is 13.7. The van der Waals surface area contributed by atoms with Gasteiger partial charge in [-0.25, -0.2) is 9.79 Å². The molecule has 0 radical (unpaired) electrons. The van der Waals surface area contributed by atoms with E-state index in [1.165, 1.54) is 12.1 Å². The van der Waals surface area contributed by atoms with Crippen molar-refractivity contribution in [3.63, 3.8) is 0 Å². The second-order valence-corrected chi connectivity index (χ2v) is 5.60. The van der Waals surface area contributed by atoms with Gasteiger partial charge in [-0.05, 0) is 29.8 Å². The average molecular weight is 337 g/mol. The summed E-state index contributed by atoms with van der Waals surface area (Å²) in [6.07, 6.45) is 1.59. The highest BCUT2D eigenvalue weighted by Gasteiger charge is 2.28. The number of ether oxygens (including phenoxy) is 1. The van der Waals surface area contributed by atoms with Crippen LogP contribution in [0.4, 0.5) is 11.4 Å². The highest BCUT2D eigenvalue weighted by atomic mass is 16.6. The number of esters is 1. The Morgan fingerprint density at radius 1 is 1.12 bits per heavy atom. The molecule has 2 aromatic carbocycles. The van der Waals surface area contributed by atoms with E-state index >= 15 is 0 Å². The maximum absolute atomic E-state index is 12.0. The van der Waals surface area contributed by atoms with Crippen molar-refractivity contribution in [2.45, 2.75) is 0 Å². The van der Waals surface area contributed by atoms with Crippen molar-refractivity contribution in [1.29, 1.82) is 0 Å². The summed E-state index contributed by atoms with van der Waals surface area (Å²) in [7, 11) is 3.87. The van der Waals surface area contributed by atoms with Crippen LogP contribution in [0.15, 0.2) is 59.2 Å². The SMILES string of the molecule is CN(C)c1ccc(C=C2N=C(c3ccccc3[N+](=O)[O-])OC2=O)cc1. The number of cyclic esters (lactones) is 1. The summed E-state index contributed by atoms with van der Waals surface area (Å²) in [5.41, 5.74) is 1.92. The lowest BCUT2D eigenvalue weighted by atomic mass is 10.1. The van der Waals surface area contributed by atoms with Gasteiger partial charge in [-0.15, -0.1) is 0 Å². The van der Waals surface area contributed by atoms with Crippen LogP contribution in [0.5, 0.6) is 0 Å². The molecular weight excluding hydrogens is 322 g/mol. The predicted octanol–water partition coefficient (Wildman–Crippen LogP) is 3.01. The van der Waals surface area contributed by atoms with Gasteiger partial charge in [0, 0.05) is 25.8 Å². The van der Waals surface area contributed by atoms with Crippen molar-refractivity contribution in [2.24, 2.45) is 4.99 Å². The number of para-hydroxylation sites is 1. The number of carbonyl (C=O) groups excluding carboxylic acids is 1. The molecule has 2 aromatic rings. The lowest BCUT2D eigenvalue weighted by molar-refractivity contribution is -0.385. The van der Waals surface area contributed by atoms with Crippen LogP contribution in [0.1, 0.15) is 11.1 Å². The van der Waals surface area contributed by atoms with Gasteiger partial charge in [0.1, 0.15) is 5.56 Å².